The average Bonchev–Trinajstić information content (AvgIpc) is 3.14. The first kappa shape index (κ1) is 25.6. The molecule has 8 heteroatoms. The number of halogens is 2. The van der Waals surface area contributed by atoms with E-state index >= 15 is 0 Å². The van der Waals surface area contributed by atoms with Gasteiger partial charge in [0.2, 0.25) is 0 Å². The Labute approximate surface area is 213 Å². The molecule has 1 saturated heterocycles. The van der Waals surface area contributed by atoms with Gasteiger partial charge in [-0.05, 0) is 61.7 Å². The monoisotopic (exact) mass is 568 g/mol. The summed E-state index contributed by atoms with van der Waals surface area (Å²) < 4.78 is 25.0. The minimum absolute atomic E-state index is 0. The lowest BCUT2D eigenvalue weighted by Gasteiger charge is -2.16. The molecule has 0 saturated carbocycles. The highest BCUT2D eigenvalue weighted by atomic mass is 127. The van der Waals surface area contributed by atoms with Gasteiger partial charge in [-0.15, -0.1) is 24.0 Å². The number of nitrogens with one attached hydrogen (secondary N) is 2. The molecular weight excluding hydrogens is 534 g/mol. The van der Waals surface area contributed by atoms with Gasteiger partial charge in [0.05, 0.1) is 13.2 Å². The van der Waals surface area contributed by atoms with Gasteiger partial charge in [-0.3, -0.25) is 4.99 Å². The number of hydrogen-bond acceptors (Lipinski definition) is 4. The van der Waals surface area contributed by atoms with E-state index in [1.807, 2.05) is 24.3 Å². The highest BCUT2D eigenvalue weighted by Gasteiger charge is 2.21. The second-order valence-corrected chi connectivity index (χ2v) is 8.38. The van der Waals surface area contributed by atoms with Crippen molar-refractivity contribution in [2.45, 2.75) is 26.2 Å². The molecule has 0 aliphatic carbocycles. The molecule has 4 rings (SSSR count). The Morgan fingerprint density at radius 2 is 2.00 bits per heavy atom. The molecule has 33 heavy (non-hydrogen) atoms. The lowest BCUT2D eigenvalue weighted by atomic mass is 10.1. The molecule has 2 aliphatic heterocycles. The predicted molar refractivity (Wildman–Crippen MR) is 142 cm³/mol. The summed E-state index contributed by atoms with van der Waals surface area (Å²) >= 11 is 0. The fourth-order valence-electron chi connectivity index (χ4n) is 4.10. The van der Waals surface area contributed by atoms with Crippen molar-refractivity contribution in [3.8, 4) is 11.5 Å². The van der Waals surface area contributed by atoms with E-state index in [1.54, 1.807) is 12.1 Å². The Balaban J connectivity index is 0.00000306. The fraction of sp³-hybridized carbons (Fsp3) is 0.480. The number of rotatable bonds is 7. The minimum atomic E-state index is -0.205. The second kappa shape index (κ2) is 13.0. The Kier molecular flexibility index (Phi) is 10.1. The summed E-state index contributed by atoms with van der Waals surface area (Å²) in [4.78, 5) is 7.34. The van der Waals surface area contributed by atoms with Gasteiger partial charge in [0, 0.05) is 37.8 Å². The van der Waals surface area contributed by atoms with Crippen molar-refractivity contribution in [3.63, 3.8) is 0 Å². The summed E-state index contributed by atoms with van der Waals surface area (Å²) in [6.07, 6.45) is 2.77. The van der Waals surface area contributed by atoms with E-state index in [0.717, 1.165) is 61.3 Å². The third-order valence-corrected chi connectivity index (χ3v) is 5.93. The first-order valence-corrected chi connectivity index (χ1v) is 11.6. The number of likely N-dealkylation sites (tertiary alicyclic amines) is 1. The summed E-state index contributed by atoms with van der Waals surface area (Å²) in [7, 11) is 0. The molecule has 2 aromatic carbocycles. The quantitative estimate of drug-likeness (QED) is 0.292. The molecule has 0 aromatic heterocycles. The molecule has 0 amide bonds. The highest BCUT2D eigenvalue weighted by Crippen LogP contribution is 2.32. The van der Waals surface area contributed by atoms with Crippen molar-refractivity contribution in [1.29, 1.82) is 0 Å². The second-order valence-electron chi connectivity index (χ2n) is 8.38. The number of guanidine groups is 1. The van der Waals surface area contributed by atoms with Crippen LogP contribution in [0.4, 0.5) is 10.1 Å². The molecular formula is C25H34FIN4O2. The van der Waals surface area contributed by atoms with Gasteiger partial charge in [0.1, 0.15) is 5.82 Å². The van der Waals surface area contributed by atoms with Crippen LogP contribution in [0, 0.1) is 11.7 Å². The lowest BCUT2D eigenvalue weighted by Crippen LogP contribution is -2.33. The molecule has 2 N–H and O–H groups in total. The molecule has 2 aliphatic rings. The van der Waals surface area contributed by atoms with Crippen LogP contribution in [0.1, 0.15) is 25.3 Å². The van der Waals surface area contributed by atoms with Gasteiger partial charge in [0.25, 0.3) is 0 Å². The van der Waals surface area contributed by atoms with Gasteiger partial charge in [-0.2, -0.15) is 0 Å². The molecule has 0 bridgehead atoms. The van der Waals surface area contributed by atoms with E-state index in [2.05, 4.69) is 22.5 Å². The third kappa shape index (κ3) is 7.74. The van der Waals surface area contributed by atoms with Crippen LogP contribution >= 0.6 is 24.0 Å². The minimum Gasteiger partial charge on any atom is -0.490 e. The summed E-state index contributed by atoms with van der Waals surface area (Å²) in [5, 5.41) is 6.82. The van der Waals surface area contributed by atoms with E-state index in [1.165, 1.54) is 12.5 Å². The molecule has 2 heterocycles. The topological polar surface area (TPSA) is 58.1 Å². The van der Waals surface area contributed by atoms with Gasteiger partial charge in [-0.25, -0.2) is 4.39 Å². The maximum atomic E-state index is 13.5. The smallest absolute Gasteiger partial charge is 0.195 e. The van der Waals surface area contributed by atoms with E-state index in [4.69, 9.17) is 14.5 Å². The Morgan fingerprint density at radius 1 is 1.15 bits per heavy atom. The van der Waals surface area contributed by atoms with Gasteiger partial charge in [0.15, 0.2) is 17.5 Å². The highest BCUT2D eigenvalue weighted by molar-refractivity contribution is 14.0. The first-order chi connectivity index (χ1) is 15.7. The van der Waals surface area contributed by atoms with Crippen LogP contribution in [0.3, 0.4) is 0 Å². The van der Waals surface area contributed by atoms with Gasteiger partial charge in [-0.1, -0.05) is 19.1 Å². The molecule has 1 fully saturated rings. The standard InChI is InChI=1S/C25H33FN4O2.HI/c1-2-30-12-10-20(18-30)17-28-25(27-11-9-19-5-3-6-21(26)15-19)29-22-7-8-23-24(16-22)32-14-4-13-31-23;/h3,5-8,15-16,20H,2,4,9-14,17-18H2,1H3,(H2,27,28,29);1H. The number of aliphatic imine (C=N–C) groups is 1. The SMILES string of the molecule is CCN1CCC(CN=C(NCCc2cccc(F)c2)Nc2ccc3c(c2)OCCCO3)C1.I. The van der Waals surface area contributed by atoms with Crippen LogP contribution < -0.4 is 20.1 Å². The third-order valence-electron chi connectivity index (χ3n) is 5.93. The summed E-state index contributed by atoms with van der Waals surface area (Å²) in [6, 6.07) is 12.6. The van der Waals surface area contributed by atoms with Crippen LogP contribution in [0.15, 0.2) is 47.5 Å². The average molecular weight is 568 g/mol. The summed E-state index contributed by atoms with van der Waals surface area (Å²) in [5.74, 6) is 2.62. The molecule has 6 nitrogen and oxygen atoms in total. The predicted octanol–water partition coefficient (Wildman–Crippen LogP) is 4.55. The Morgan fingerprint density at radius 3 is 2.79 bits per heavy atom. The summed E-state index contributed by atoms with van der Waals surface area (Å²) in [6.45, 7) is 8.30. The number of ether oxygens (including phenoxy) is 2. The fourth-order valence-corrected chi connectivity index (χ4v) is 4.10. The van der Waals surface area contributed by atoms with Crippen LogP contribution in [-0.4, -0.2) is 56.8 Å². The number of anilines is 1. The Bertz CT molecular complexity index is 927. The van der Waals surface area contributed by atoms with E-state index in [0.29, 0.717) is 32.1 Å². The Hall–Kier alpha value is -2.07. The van der Waals surface area contributed by atoms with E-state index < -0.39 is 0 Å². The normalized spacial score (nSPS) is 18.4. The lowest BCUT2D eigenvalue weighted by molar-refractivity contribution is 0.297. The maximum absolute atomic E-state index is 13.5. The largest absolute Gasteiger partial charge is 0.490 e. The zero-order valence-corrected chi connectivity index (χ0v) is 21.5. The molecule has 0 radical (unpaired) electrons. The van der Waals surface area contributed by atoms with Crippen LogP contribution in [0.25, 0.3) is 0 Å². The number of benzene rings is 2. The van der Waals surface area contributed by atoms with E-state index in [9.17, 15) is 4.39 Å². The maximum Gasteiger partial charge on any atom is 0.195 e. The zero-order chi connectivity index (χ0) is 22.2. The zero-order valence-electron chi connectivity index (χ0n) is 19.2. The van der Waals surface area contributed by atoms with Crippen molar-refractivity contribution in [2.24, 2.45) is 10.9 Å². The van der Waals surface area contributed by atoms with Crippen molar-refractivity contribution < 1.29 is 13.9 Å². The van der Waals surface area contributed by atoms with Gasteiger partial charge >= 0.3 is 0 Å². The summed E-state index contributed by atoms with van der Waals surface area (Å²) in [5.41, 5.74) is 1.86. The van der Waals surface area contributed by atoms with Crippen LogP contribution in [-0.2, 0) is 6.42 Å². The van der Waals surface area contributed by atoms with E-state index in [-0.39, 0.29) is 29.8 Å². The molecule has 2 aromatic rings. The first-order valence-electron chi connectivity index (χ1n) is 11.6. The van der Waals surface area contributed by atoms with Crippen LogP contribution in [0.2, 0.25) is 0 Å². The van der Waals surface area contributed by atoms with Crippen molar-refractivity contribution in [3.05, 3.63) is 53.8 Å². The van der Waals surface area contributed by atoms with Gasteiger partial charge < -0.3 is 25.0 Å². The molecule has 1 unspecified atom stereocenters. The number of nitrogens with zero attached hydrogens (tertiary/aromatic N) is 2. The van der Waals surface area contributed by atoms with Crippen molar-refractivity contribution in [2.75, 3.05) is 51.3 Å². The van der Waals surface area contributed by atoms with Crippen molar-refractivity contribution >= 4 is 35.6 Å². The number of hydrogen-bond donors (Lipinski definition) is 2. The van der Waals surface area contributed by atoms with Crippen LogP contribution in [0.5, 0.6) is 11.5 Å². The molecule has 1 atom stereocenters. The number of fused-ring (bicyclic) bond motifs is 1. The molecule has 0 spiro atoms. The molecule has 180 valence electrons. The van der Waals surface area contributed by atoms with Crippen molar-refractivity contribution in [1.82, 2.24) is 10.2 Å².